The van der Waals surface area contributed by atoms with Gasteiger partial charge in [0.05, 0.1) is 11.2 Å². The fourth-order valence-corrected chi connectivity index (χ4v) is 2.78. The molecule has 0 spiro atoms. The van der Waals surface area contributed by atoms with Gasteiger partial charge in [-0.1, -0.05) is 28.8 Å². The zero-order chi connectivity index (χ0) is 14.3. The molecular formula is C19H19N. The highest BCUT2D eigenvalue weighted by molar-refractivity contribution is 5.85. The van der Waals surface area contributed by atoms with Gasteiger partial charge in [0, 0.05) is 10.9 Å². The minimum absolute atomic E-state index is 1.06. The fraction of sp³-hybridized carbons (Fsp3) is 0.211. The van der Waals surface area contributed by atoms with Crippen LogP contribution in [0.25, 0.3) is 22.2 Å². The van der Waals surface area contributed by atoms with Crippen molar-refractivity contribution in [1.82, 2.24) is 4.98 Å². The van der Waals surface area contributed by atoms with Gasteiger partial charge in [-0.3, -0.25) is 0 Å². The molecule has 20 heavy (non-hydrogen) atoms. The third-order valence-corrected chi connectivity index (χ3v) is 3.69. The smallest absolute Gasteiger partial charge is 0.0712 e. The van der Waals surface area contributed by atoms with Crippen LogP contribution in [-0.2, 0) is 0 Å². The van der Waals surface area contributed by atoms with Crippen LogP contribution in [0.4, 0.5) is 0 Å². The topological polar surface area (TPSA) is 12.9 Å². The van der Waals surface area contributed by atoms with Crippen LogP contribution in [0.5, 0.6) is 0 Å². The van der Waals surface area contributed by atoms with Crippen LogP contribution in [0.15, 0.2) is 42.5 Å². The first kappa shape index (κ1) is 12.9. The summed E-state index contributed by atoms with van der Waals surface area (Å²) in [5, 5.41) is 1.25. The largest absolute Gasteiger partial charge is 0.248 e. The highest BCUT2D eigenvalue weighted by Crippen LogP contribution is 2.26. The second kappa shape index (κ2) is 4.75. The minimum atomic E-state index is 1.06. The molecule has 1 heteroatoms. The van der Waals surface area contributed by atoms with Crippen LogP contribution >= 0.6 is 0 Å². The summed E-state index contributed by atoms with van der Waals surface area (Å²) < 4.78 is 0. The second-order valence-corrected chi connectivity index (χ2v) is 5.72. The fourth-order valence-electron chi connectivity index (χ4n) is 2.78. The molecule has 0 bridgehead atoms. The lowest BCUT2D eigenvalue weighted by atomic mass is 10.0. The maximum absolute atomic E-state index is 4.83. The van der Waals surface area contributed by atoms with Crippen molar-refractivity contribution in [3.8, 4) is 11.3 Å². The van der Waals surface area contributed by atoms with E-state index in [0.717, 1.165) is 11.2 Å². The maximum atomic E-state index is 4.83. The highest BCUT2D eigenvalue weighted by Gasteiger charge is 2.06. The van der Waals surface area contributed by atoms with Gasteiger partial charge in [-0.2, -0.15) is 0 Å². The van der Waals surface area contributed by atoms with Crippen LogP contribution in [0.3, 0.4) is 0 Å². The first-order chi connectivity index (χ1) is 9.52. The molecule has 3 aromatic rings. The Morgan fingerprint density at radius 3 is 2.10 bits per heavy atom. The third kappa shape index (κ3) is 2.32. The summed E-state index contributed by atoms with van der Waals surface area (Å²) in [7, 11) is 0. The average molecular weight is 261 g/mol. The monoisotopic (exact) mass is 261 g/mol. The molecule has 2 aromatic carbocycles. The molecule has 0 saturated carbocycles. The molecule has 0 fully saturated rings. The van der Waals surface area contributed by atoms with Gasteiger partial charge >= 0.3 is 0 Å². The number of rotatable bonds is 1. The Hall–Kier alpha value is -2.15. The lowest BCUT2D eigenvalue weighted by Crippen LogP contribution is -1.91. The van der Waals surface area contributed by atoms with Crippen molar-refractivity contribution >= 4 is 10.9 Å². The van der Waals surface area contributed by atoms with Crippen molar-refractivity contribution < 1.29 is 0 Å². The molecule has 0 radical (unpaired) electrons. The summed E-state index contributed by atoms with van der Waals surface area (Å²) in [4.78, 5) is 4.83. The molecule has 0 aliphatic carbocycles. The van der Waals surface area contributed by atoms with Crippen LogP contribution in [0.2, 0.25) is 0 Å². The van der Waals surface area contributed by atoms with Crippen molar-refractivity contribution in [2.45, 2.75) is 27.7 Å². The van der Waals surface area contributed by atoms with E-state index in [-0.39, 0.29) is 0 Å². The quantitative estimate of drug-likeness (QED) is 0.591. The number of aryl methyl sites for hydroxylation is 4. The molecule has 0 unspecified atom stereocenters. The van der Waals surface area contributed by atoms with Crippen molar-refractivity contribution in [1.29, 1.82) is 0 Å². The second-order valence-electron chi connectivity index (χ2n) is 5.72. The molecular weight excluding hydrogens is 242 g/mol. The van der Waals surface area contributed by atoms with Crippen molar-refractivity contribution in [3.63, 3.8) is 0 Å². The predicted octanol–water partition coefficient (Wildman–Crippen LogP) is 5.14. The Morgan fingerprint density at radius 1 is 0.700 bits per heavy atom. The Kier molecular flexibility index (Phi) is 3.06. The van der Waals surface area contributed by atoms with E-state index in [1.165, 1.54) is 33.2 Å². The van der Waals surface area contributed by atoms with E-state index in [1.807, 2.05) is 0 Å². The summed E-state index contributed by atoms with van der Waals surface area (Å²) >= 11 is 0. The molecule has 0 N–H and O–H groups in total. The van der Waals surface area contributed by atoms with Crippen molar-refractivity contribution in [2.24, 2.45) is 0 Å². The lowest BCUT2D eigenvalue weighted by Gasteiger charge is -2.09. The molecule has 100 valence electrons. The Bertz CT molecular complexity index is 780. The van der Waals surface area contributed by atoms with E-state index < -0.39 is 0 Å². The van der Waals surface area contributed by atoms with E-state index in [4.69, 9.17) is 4.98 Å². The SMILES string of the molecule is Cc1cc(C)cc(-c2cc(C)c3cc(C)ccc3n2)c1. The minimum Gasteiger partial charge on any atom is -0.248 e. The average Bonchev–Trinajstić information content (AvgIpc) is 2.38. The molecule has 0 atom stereocenters. The number of fused-ring (bicyclic) bond motifs is 1. The van der Waals surface area contributed by atoms with E-state index in [9.17, 15) is 0 Å². The molecule has 0 saturated heterocycles. The Labute approximate surface area is 120 Å². The molecule has 0 aliphatic rings. The maximum Gasteiger partial charge on any atom is 0.0712 e. The van der Waals surface area contributed by atoms with Crippen LogP contribution in [0, 0.1) is 27.7 Å². The van der Waals surface area contributed by atoms with E-state index in [0.29, 0.717) is 0 Å². The van der Waals surface area contributed by atoms with Crippen molar-refractivity contribution in [2.75, 3.05) is 0 Å². The molecule has 3 rings (SSSR count). The Balaban J connectivity index is 2.24. The van der Waals surface area contributed by atoms with Gasteiger partial charge in [0.25, 0.3) is 0 Å². The number of pyridine rings is 1. The van der Waals surface area contributed by atoms with Gasteiger partial charge in [0.1, 0.15) is 0 Å². The molecule has 1 nitrogen and oxygen atoms in total. The highest BCUT2D eigenvalue weighted by atomic mass is 14.7. The van der Waals surface area contributed by atoms with Gasteiger partial charge in [-0.05, 0) is 63.6 Å². The first-order valence-electron chi connectivity index (χ1n) is 6.99. The zero-order valence-corrected chi connectivity index (χ0v) is 12.5. The number of benzene rings is 2. The molecule has 1 heterocycles. The number of aromatic nitrogens is 1. The Morgan fingerprint density at radius 2 is 1.40 bits per heavy atom. The summed E-state index contributed by atoms with van der Waals surface area (Å²) in [5.41, 5.74) is 8.46. The molecule has 0 amide bonds. The van der Waals surface area contributed by atoms with Gasteiger partial charge in [0.2, 0.25) is 0 Å². The lowest BCUT2D eigenvalue weighted by molar-refractivity contribution is 1.32. The summed E-state index contributed by atoms with van der Waals surface area (Å²) in [6.45, 7) is 8.55. The normalized spacial score (nSPS) is 11.0. The van der Waals surface area contributed by atoms with Gasteiger partial charge < -0.3 is 0 Å². The van der Waals surface area contributed by atoms with E-state index in [2.05, 4.69) is 70.2 Å². The summed E-state index contributed by atoms with van der Waals surface area (Å²) in [6, 6.07) is 15.2. The predicted molar refractivity (Wildman–Crippen MR) is 86.1 cm³/mol. The van der Waals surface area contributed by atoms with Gasteiger partial charge in [-0.15, -0.1) is 0 Å². The zero-order valence-electron chi connectivity index (χ0n) is 12.5. The van der Waals surface area contributed by atoms with E-state index in [1.54, 1.807) is 0 Å². The van der Waals surface area contributed by atoms with Gasteiger partial charge in [-0.25, -0.2) is 4.98 Å². The third-order valence-electron chi connectivity index (χ3n) is 3.69. The number of hydrogen-bond acceptors (Lipinski definition) is 1. The molecule has 1 aromatic heterocycles. The van der Waals surface area contributed by atoms with E-state index >= 15 is 0 Å². The number of hydrogen-bond donors (Lipinski definition) is 0. The summed E-state index contributed by atoms with van der Waals surface area (Å²) in [5.74, 6) is 0. The van der Waals surface area contributed by atoms with Crippen molar-refractivity contribution in [3.05, 3.63) is 64.7 Å². The number of nitrogens with zero attached hydrogens (tertiary/aromatic N) is 1. The van der Waals surface area contributed by atoms with Gasteiger partial charge in [0.15, 0.2) is 0 Å². The molecule has 0 aliphatic heterocycles. The first-order valence-corrected chi connectivity index (χ1v) is 6.99. The van der Waals surface area contributed by atoms with Crippen LogP contribution < -0.4 is 0 Å². The van der Waals surface area contributed by atoms with Crippen LogP contribution in [-0.4, -0.2) is 4.98 Å². The summed E-state index contributed by atoms with van der Waals surface area (Å²) in [6.07, 6.45) is 0. The van der Waals surface area contributed by atoms with Crippen LogP contribution in [0.1, 0.15) is 22.3 Å². The standard InChI is InChI=1S/C19H19N/c1-12-5-6-18-17(10-12)15(4)11-19(20-18)16-8-13(2)7-14(3)9-16/h5-11H,1-4H3.